The molecule has 0 amide bonds. The molecule has 1 unspecified atom stereocenters. The van der Waals surface area contributed by atoms with Gasteiger partial charge in [0.25, 0.3) is 6.02 Å². The van der Waals surface area contributed by atoms with E-state index >= 15 is 0 Å². The van der Waals surface area contributed by atoms with E-state index in [1.165, 1.54) is 0 Å². The SMILES string of the molecule is CCN(CC1CCCC1)c1nc2ccccc2cc1CN(Cc1cc(C(F)(F)F)cc(C(F)(F)F)c1)C1=NC(C(F)(F)F)CO1. The van der Waals surface area contributed by atoms with E-state index in [0.717, 1.165) is 30.6 Å². The number of alkyl halides is 9. The lowest BCUT2D eigenvalue weighted by Crippen LogP contribution is -2.34. The molecule has 5 rings (SSSR count). The van der Waals surface area contributed by atoms with Gasteiger partial charge in [-0.3, -0.25) is 0 Å². The number of anilines is 1. The van der Waals surface area contributed by atoms with Gasteiger partial charge in [-0.15, -0.1) is 0 Å². The number of pyridine rings is 1. The molecule has 0 spiro atoms. The minimum absolute atomic E-state index is 0.00458. The average Bonchev–Trinajstić information content (AvgIpc) is 3.67. The largest absolute Gasteiger partial charge is 0.462 e. The van der Waals surface area contributed by atoms with Gasteiger partial charge in [-0.25, -0.2) is 9.98 Å². The van der Waals surface area contributed by atoms with Crippen LogP contribution in [0.2, 0.25) is 0 Å². The van der Waals surface area contributed by atoms with Crippen molar-refractivity contribution in [2.75, 3.05) is 24.6 Å². The molecule has 1 aliphatic carbocycles. The first-order chi connectivity index (χ1) is 21.1. The van der Waals surface area contributed by atoms with Gasteiger partial charge in [0, 0.05) is 30.6 Å². The number of halogens is 9. The minimum atomic E-state index is -5.10. The van der Waals surface area contributed by atoms with Gasteiger partial charge in [-0.05, 0) is 61.6 Å². The molecule has 2 heterocycles. The third-order valence-electron chi connectivity index (χ3n) is 8.08. The molecule has 14 heteroatoms. The molecule has 1 aliphatic heterocycles. The number of hydrogen-bond acceptors (Lipinski definition) is 5. The van der Waals surface area contributed by atoms with Gasteiger partial charge in [0.05, 0.1) is 23.2 Å². The zero-order valence-corrected chi connectivity index (χ0v) is 24.2. The van der Waals surface area contributed by atoms with Crippen LogP contribution in [0.3, 0.4) is 0 Å². The van der Waals surface area contributed by atoms with Gasteiger partial charge >= 0.3 is 18.5 Å². The highest BCUT2D eigenvalue weighted by molar-refractivity contribution is 5.82. The molecule has 2 aliphatic rings. The Kier molecular flexibility index (Phi) is 9.14. The van der Waals surface area contributed by atoms with E-state index in [2.05, 4.69) is 9.89 Å². The molecule has 244 valence electrons. The second kappa shape index (κ2) is 12.6. The lowest BCUT2D eigenvalue weighted by atomic mass is 10.0. The number of benzene rings is 2. The summed E-state index contributed by atoms with van der Waals surface area (Å²) in [7, 11) is 0. The van der Waals surface area contributed by atoms with Crippen molar-refractivity contribution in [3.8, 4) is 0 Å². The maximum Gasteiger partial charge on any atom is 0.416 e. The van der Waals surface area contributed by atoms with E-state index < -0.39 is 60.4 Å². The molecule has 0 saturated heterocycles. The van der Waals surface area contributed by atoms with Crippen LogP contribution in [-0.2, 0) is 30.2 Å². The van der Waals surface area contributed by atoms with Crippen molar-refractivity contribution in [3.63, 3.8) is 0 Å². The van der Waals surface area contributed by atoms with E-state index in [4.69, 9.17) is 9.72 Å². The normalized spacial score (nSPS) is 17.9. The summed E-state index contributed by atoms with van der Waals surface area (Å²) in [6.07, 6.45) is -10.7. The van der Waals surface area contributed by atoms with Crippen molar-refractivity contribution in [1.29, 1.82) is 0 Å². The lowest BCUT2D eigenvalue weighted by Gasteiger charge is -2.30. The first-order valence-electron chi connectivity index (χ1n) is 14.6. The van der Waals surface area contributed by atoms with Gasteiger partial charge in [0.15, 0.2) is 6.04 Å². The number of fused-ring (bicyclic) bond motifs is 1. The van der Waals surface area contributed by atoms with Crippen molar-refractivity contribution in [3.05, 3.63) is 70.8 Å². The fourth-order valence-electron chi connectivity index (χ4n) is 5.84. The summed E-state index contributed by atoms with van der Waals surface area (Å²) in [6.45, 7) is 1.41. The molecule has 1 fully saturated rings. The van der Waals surface area contributed by atoms with Crippen molar-refractivity contribution in [2.24, 2.45) is 10.9 Å². The molecule has 1 aromatic heterocycles. The Morgan fingerprint density at radius 1 is 0.822 bits per heavy atom. The van der Waals surface area contributed by atoms with Crippen LogP contribution in [0.1, 0.15) is 54.9 Å². The highest BCUT2D eigenvalue weighted by atomic mass is 19.4. The zero-order valence-electron chi connectivity index (χ0n) is 24.2. The molecule has 2 aromatic carbocycles. The summed E-state index contributed by atoms with van der Waals surface area (Å²) in [5, 5.41) is 0.703. The molecule has 3 aromatic rings. The average molecular weight is 647 g/mol. The lowest BCUT2D eigenvalue weighted by molar-refractivity contribution is -0.149. The Hall–Kier alpha value is -3.71. The number of aliphatic imine (C=N–C) groups is 1. The standard InChI is InChI=1S/C31H31F9N4O/c1-2-43(15-19-7-3-4-8-19)27-22(13-21-9-5-6-10-25(21)41-27)17-44(28-42-26(18-45-28)31(38,39)40)16-20-11-23(29(32,33)34)14-24(12-20)30(35,36)37/h5-6,9-14,19,26H,2-4,7-8,15-18H2,1H3. The van der Waals surface area contributed by atoms with Crippen molar-refractivity contribution in [1.82, 2.24) is 9.88 Å². The number of amidine groups is 1. The van der Waals surface area contributed by atoms with Gasteiger partial charge in [-0.2, -0.15) is 39.5 Å². The molecular weight excluding hydrogens is 615 g/mol. The van der Waals surface area contributed by atoms with Crippen LogP contribution in [0.15, 0.2) is 53.5 Å². The molecular formula is C31H31F9N4O. The smallest absolute Gasteiger partial charge is 0.416 e. The van der Waals surface area contributed by atoms with Crippen LogP contribution in [0.4, 0.5) is 45.3 Å². The Bertz CT molecular complexity index is 1500. The second-order valence-electron chi connectivity index (χ2n) is 11.4. The molecule has 0 radical (unpaired) electrons. The van der Waals surface area contributed by atoms with Crippen LogP contribution >= 0.6 is 0 Å². The number of rotatable bonds is 8. The van der Waals surface area contributed by atoms with E-state index in [1.54, 1.807) is 18.2 Å². The third-order valence-corrected chi connectivity index (χ3v) is 8.08. The van der Waals surface area contributed by atoms with Gasteiger partial charge < -0.3 is 14.5 Å². The zero-order chi connectivity index (χ0) is 32.6. The molecule has 45 heavy (non-hydrogen) atoms. The van der Waals surface area contributed by atoms with Crippen LogP contribution in [0, 0.1) is 5.92 Å². The summed E-state index contributed by atoms with van der Waals surface area (Å²) in [6, 6.07) is 7.32. The van der Waals surface area contributed by atoms with E-state index in [9.17, 15) is 39.5 Å². The van der Waals surface area contributed by atoms with Crippen LogP contribution in [-0.4, -0.2) is 47.8 Å². The number of hydrogen-bond donors (Lipinski definition) is 0. The monoisotopic (exact) mass is 646 g/mol. The molecule has 1 saturated carbocycles. The second-order valence-corrected chi connectivity index (χ2v) is 11.4. The maximum atomic E-state index is 13.6. The fourth-order valence-corrected chi connectivity index (χ4v) is 5.84. The van der Waals surface area contributed by atoms with Crippen LogP contribution < -0.4 is 4.90 Å². The van der Waals surface area contributed by atoms with Gasteiger partial charge in [-0.1, -0.05) is 31.0 Å². The summed E-state index contributed by atoms with van der Waals surface area (Å²) >= 11 is 0. The summed E-state index contributed by atoms with van der Waals surface area (Å²) in [5.41, 5.74) is -2.31. The first-order valence-corrected chi connectivity index (χ1v) is 14.6. The van der Waals surface area contributed by atoms with Crippen molar-refractivity contribution in [2.45, 2.75) is 70.3 Å². The predicted molar refractivity (Wildman–Crippen MR) is 151 cm³/mol. The van der Waals surface area contributed by atoms with Crippen molar-refractivity contribution >= 4 is 22.7 Å². The highest BCUT2D eigenvalue weighted by Crippen LogP contribution is 2.38. The molecule has 0 N–H and O–H groups in total. The van der Waals surface area contributed by atoms with Gasteiger partial charge in [0.2, 0.25) is 0 Å². The number of ether oxygens (including phenoxy) is 1. The number of nitrogens with zero attached hydrogens (tertiary/aromatic N) is 4. The predicted octanol–water partition coefficient (Wildman–Crippen LogP) is 8.61. The third kappa shape index (κ3) is 7.75. The molecule has 0 bridgehead atoms. The number of aromatic nitrogens is 1. The highest BCUT2D eigenvalue weighted by Gasteiger charge is 2.45. The van der Waals surface area contributed by atoms with E-state index in [-0.39, 0.29) is 12.6 Å². The molecule has 5 nitrogen and oxygen atoms in total. The topological polar surface area (TPSA) is 41.0 Å². The maximum absolute atomic E-state index is 13.6. The Balaban J connectivity index is 1.59. The fraction of sp³-hybridized carbons (Fsp3) is 0.484. The van der Waals surface area contributed by atoms with Crippen LogP contribution in [0.5, 0.6) is 0 Å². The van der Waals surface area contributed by atoms with Crippen molar-refractivity contribution < 1.29 is 44.3 Å². The van der Waals surface area contributed by atoms with Crippen LogP contribution in [0.25, 0.3) is 10.9 Å². The van der Waals surface area contributed by atoms with E-state index in [0.29, 0.717) is 53.4 Å². The van der Waals surface area contributed by atoms with E-state index in [1.807, 2.05) is 19.1 Å². The minimum Gasteiger partial charge on any atom is -0.462 e. The molecule has 1 atom stereocenters. The quantitative estimate of drug-likeness (QED) is 0.230. The Morgan fingerprint density at radius 3 is 2.04 bits per heavy atom. The summed E-state index contributed by atoms with van der Waals surface area (Å²) < 4.78 is 128. The van der Waals surface area contributed by atoms with Gasteiger partial charge in [0.1, 0.15) is 12.4 Å². The Morgan fingerprint density at radius 2 is 1.47 bits per heavy atom. The first kappa shape index (κ1) is 32.7. The number of para-hydroxylation sites is 1. The Labute approximate surface area is 253 Å². The summed E-state index contributed by atoms with van der Waals surface area (Å²) in [5.74, 6) is 0.933. The summed E-state index contributed by atoms with van der Waals surface area (Å²) in [4.78, 5) is 11.7.